The first kappa shape index (κ1) is 26.3. The van der Waals surface area contributed by atoms with E-state index in [2.05, 4.69) is 53.3 Å². The first-order valence-electron chi connectivity index (χ1n) is 14.8. The van der Waals surface area contributed by atoms with Crippen LogP contribution in [0, 0.1) is 56.7 Å². The lowest BCUT2D eigenvalue weighted by atomic mass is 9.32. The van der Waals surface area contributed by atoms with Crippen LogP contribution < -0.4 is 0 Å². The molecule has 5 rings (SSSR count). The molecule has 5 aliphatic rings. The summed E-state index contributed by atoms with van der Waals surface area (Å²) in [7, 11) is 0. The standard InChI is InChI=1S/C32H51NO3/c1-20(2)22-11-16-32(19-33-35)18-17-30(7)23(27(22)32)9-10-25-29(6)14-13-26(36-21(3)34)28(4,5)24(29)12-15-31(25,30)8/h19,22-27,35H,1,9-18H2,2-8H3/b33-19+/t22?,23?,24?,25?,26?,27?,29-,30+,31+,32?/m0/s1. The van der Waals surface area contributed by atoms with E-state index in [-0.39, 0.29) is 33.7 Å². The van der Waals surface area contributed by atoms with E-state index in [1.165, 1.54) is 50.5 Å². The van der Waals surface area contributed by atoms with Crippen molar-refractivity contribution in [2.45, 2.75) is 119 Å². The van der Waals surface area contributed by atoms with Crippen LogP contribution in [0.2, 0.25) is 0 Å². The number of oxime groups is 1. The molecule has 5 fully saturated rings. The van der Waals surface area contributed by atoms with Crippen molar-refractivity contribution in [3.05, 3.63) is 12.2 Å². The lowest BCUT2D eigenvalue weighted by Crippen LogP contribution is -2.66. The van der Waals surface area contributed by atoms with Gasteiger partial charge in [0.15, 0.2) is 0 Å². The van der Waals surface area contributed by atoms with Crippen molar-refractivity contribution in [2.24, 2.45) is 61.8 Å². The van der Waals surface area contributed by atoms with E-state index in [1.807, 2.05) is 6.21 Å². The van der Waals surface area contributed by atoms with Gasteiger partial charge in [-0.05, 0) is 117 Å². The van der Waals surface area contributed by atoms with Gasteiger partial charge in [0.1, 0.15) is 6.10 Å². The Morgan fingerprint density at radius 2 is 1.61 bits per heavy atom. The predicted molar refractivity (Wildman–Crippen MR) is 145 cm³/mol. The first-order valence-corrected chi connectivity index (χ1v) is 14.8. The second-order valence-electron chi connectivity index (χ2n) is 15.1. The van der Waals surface area contributed by atoms with Gasteiger partial charge >= 0.3 is 5.97 Å². The zero-order chi connectivity index (χ0) is 26.3. The van der Waals surface area contributed by atoms with Gasteiger partial charge in [0.2, 0.25) is 0 Å². The van der Waals surface area contributed by atoms with Crippen molar-refractivity contribution in [3.63, 3.8) is 0 Å². The van der Waals surface area contributed by atoms with E-state index < -0.39 is 0 Å². The first-order chi connectivity index (χ1) is 16.8. The minimum atomic E-state index is -0.133. The Morgan fingerprint density at radius 3 is 2.25 bits per heavy atom. The molecule has 36 heavy (non-hydrogen) atoms. The summed E-state index contributed by atoms with van der Waals surface area (Å²) in [5.74, 6) is 2.89. The van der Waals surface area contributed by atoms with E-state index in [1.54, 1.807) is 6.92 Å². The molecule has 0 radical (unpaired) electrons. The van der Waals surface area contributed by atoms with E-state index in [9.17, 15) is 10.0 Å². The number of esters is 1. The van der Waals surface area contributed by atoms with Gasteiger partial charge in [0.05, 0.1) is 6.21 Å². The van der Waals surface area contributed by atoms with Crippen molar-refractivity contribution in [1.82, 2.24) is 0 Å². The zero-order valence-corrected chi connectivity index (χ0v) is 24.0. The third-order valence-corrected chi connectivity index (χ3v) is 13.7. The van der Waals surface area contributed by atoms with Crippen LogP contribution >= 0.6 is 0 Å². The van der Waals surface area contributed by atoms with Crippen LogP contribution in [0.3, 0.4) is 0 Å². The highest BCUT2D eigenvalue weighted by atomic mass is 16.5. The largest absolute Gasteiger partial charge is 0.462 e. The van der Waals surface area contributed by atoms with Gasteiger partial charge in [-0.15, -0.1) is 5.16 Å². The summed E-state index contributed by atoms with van der Waals surface area (Å²) < 4.78 is 5.90. The Labute approximate surface area is 219 Å². The van der Waals surface area contributed by atoms with Crippen LogP contribution in [-0.4, -0.2) is 23.5 Å². The quantitative estimate of drug-likeness (QED) is 0.141. The molecule has 0 aromatic rings. The smallest absolute Gasteiger partial charge is 0.302 e. The van der Waals surface area contributed by atoms with Gasteiger partial charge in [0.25, 0.3) is 0 Å². The summed E-state index contributed by atoms with van der Waals surface area (Å²) in [5.41, 5.74) is 2.24. The van der Waals surface area contributed by atoms with E-state index in [4.69, 9.17) is 4.74 Å². The van der Waals surface area contributed by atoms with Crippen LogP contribution in [-0.2, 0) is 9.53 Å². The SMILES string of the molecule is C=C(C)C1CCC2(/C=N/O)CC[C@]3(C)C(CCC4[C@@]5(C)CCC(OC(C)=O)C(C)(C)C5CC[C@]43C)C12. The van der Waals surface area contributed by atoms with Crippen LogP contribution in [0.25, 0.3) is 0 Å². The minimum Gasteiger partial charge on any atom is -0.462 e. The zero-order valence-electron chi connectivity index (χ0n) is 24.0. The molecule has 0 aliphatic heterocycles. The molecule has 0 aromatic heterocycles. The Morgan fingerprint density at radius 1 is 0.889 bits per heavy atom. The Bertz CT molecular complexity index is 955. The van der Waals surface area contributed by atoms with E-state index in [0.29, 0.717) is 35.0 Å². The fourth-order valence-electron chi connectivity index (χ4n) is 11.9. The Balaban J connectivity index is 1.52. The summed E-state index contributed by atoms with van der Waals surface area (Å²) in [6.45, 7) is 20.9. The number of ether oxygens (including phenoxy) is 1. The normalized spacial score (nSPS) is 51.5. The molecule has 0 amide bonds. The third-order valence-electron chi connectivity index (χ3n) is 13.7. The van der Waals surface area contributed by atoms with Crippen molar-refractivity contribution >= 4 is 12.2 Å². The summed E-state index contributed by atoms with van der Waals surface area (Å²) in [5, 5.41) is 13.4. The molecule has 5 saturated carbocycles. The highest BCUT2D eigenvalue weighted by Crippen LogP contribution is 2.77. The van der Waals surface area contributed by atoms with Gasteiger partial charge in [-0.3, -0.25) is 4.79 Å². The molecule has 0 spiro atoms. The molecule has 202 valence electrons. The summed E-state index contributed by atoms with van der Waals surface area (Å²) in [6, 6.07) is 0. The number of hydrogen-bond acceptors (Lipinski definition) is 4. The highest BCUT2D eigenvalue weighted by Gasteiger charge is 2.71. The third kappa shape index (κ3) is 3.30. The highest BCUT2D eigenvalue weighted by molar-refractivity contribution is 5.67. The van der Waals surface area contributed by atoms with Crippen molar-refractivity contribution in [1.29, 1.82) is 0 Å². The van der Waals surface area contributed by atoms with Gasteiger partial charge < -0.3 is 9.94 Å². The summed E-state index contributed by atoms with van der Waals surface area (Å²) >= 11 is 0. The van der Waals surface area contributed by atoms with Crippen molar-refractivity contribution < 1.29 is 14.7 Å². The van der Waals surface area contributed by atoms with Gasteiger partial charge in [0, 0.05) is 17.8 Å². The number of fused-ring (bicyclic) bond motifs is 7. The summed E-state index contributed by atoms with van der Waals surface area (Å²) in [4.78, 5) is 11.9. The van der Waals surface area contributed by atoms with Crippen LogP contribution in [0.5, 0.6) is 0 Å². The number of carbonyl (C=O) groups excluding carboxylic acids is 1. The molecule has 0 heterocycles. The average Bonchev–Trinajstić information content (AvgIpc) is 3.16. The maximum Gasteiger partial charge on any atom is 0.302 e. The number of nitrogens with zero attached hydrogens (tertiary/aromatic N) is 1. The second kappa shape index (κ2) is 8.34. The molecule has 4 heteroatoms. The lowest BCUT2D eigenvalue weighted by Gasteiger charge is -2.72. The average molecular weight is 498 g/mol. The van der Waals surface area contributed by atoms with Gasteiger partial charge in [-0.1, -0.05) is 46.8 Å². The van der Waals surface area contributed by atoms with Crippen molar-refractivity contribution in [2.75, 3.05) is 0 Å². The number of rotatable bonds is 3. The minimum absolute atomic E-state index is 0.00750. The Hall–Kier alpha value is -1.32. The number of allylic oxidation sites excluding steroid dienone is 1. The monoisotopic (exact) mass is 497 g/mol. The van der Waals surface area contributed by atoms with E-state index in [0.717, 1.165) is 19.3 Å². The van der Waals surface area contributed by atoms with Crippen LogP contribution in [0.4, 0.5) is 0 Å². The maximum absolute atomic E-state index is 11.9. The molecule has 0 saturated heterocycles. The number of hydrogen-bond donors (Lipinski definition) is 1. The molecule has 0 aromatic carbocycles. The van der Waals surface area contributed by atoms with Gasteiger partial charge in [-0.2, -0.15) is 0 Å². The molecule has 7 unspecified atom stereocenters. The second-order valence-corrected chi connectivity index (χ2v) is 15.1. The van der Waals surface area contributed by atoms with E-state index >= 15 is 0 Å². The fourth-order valence-corrected chi connectivity index (χ4v) is 11.9. The molecule has 1 N–H and O–H groups in total. The molecule has 0 bridgehead atoms. The van der Waals surface area contributed by atoms with Crippen LogP contribution in [0.1, 0.15) is 113 Å². The van der Waals surface area contributed by atoms with Gasteiger partial charge in [-0.25, -0.2) is 0 Å². The summed E-state index contributed by atoms with van der Waals surface area (Å²) in [6.07, 6.45) is 13.9. The topological polar surface area (TPSA) is 58.9 Å². The van der Waals surface area contributed by atoms with Crippen molar-refractivity contribution in [3.8, 4) is 0 Å². The number of carbonyl (C=O) groups is 1. The maximum atomic E-state index is 11.9. The Kier molecular flexibility index (Phi) is 6.09. The van der Waals surface area contributed by atoms with Crippen LogP contribution in [0.15, 0.2) is 17.3 Å². The molecular weight excluding hydrogens is 446 g/mol. The molecular formula is C32H51NO3. The lowest BCUT2D eigenvalue weighted by molar-refractivity contribution is -0.246. The fraction of sp³-hybridized carbons (Fsp3) is 0.875. The molecule has 4 nitrogen and oxygen atoms in total. The predicted octanol–water partition coefficient (Wildman–Crippen LogP) is 8.04. The molecule has 5 aliphatic carbocycles. The molecule has 10 atom stereocenters.